The zero-order chi connectivity index (χ0) is 18.5. The van der Waals surface area contributed by atoms with Crippen LogP contribution in [0, 0.1) is 0 Å². The van der Waals surface area contributed by atoms with Crippen LogP contribution in [0.3, 0.4) is 0 Å². The SMILES string of the molecule is O=C(c1ccc(OCCN2CCCC2)cc1)N1CCC[C@H]1CN1CCCC1. The molecule has 5 heteroatoms. The quantitative estimate of drug-likeness (QED) is 0.738. The fourth-order valence-corrected chi connectivity index (χ4v) is 4.71. The van der Waals surface area contributed by atoms with Gasteiger partial charge in [-0.3, -0.25) is 9.69 Å². The smallest absolute Gasteiger partial charge is 0.254 e. The summed E-state index contributed by atoms with van der Waals surface area (Å²) in [4.78, 5) is 20.1. The molecule has 0 radical (unpaired) electrons. The Labute approximate surface area is 163 Å². The molecule has 0 spiro atoms. The lowest BCUT2D eigenvalue weighted by atomic mass is 10.1. The van der Waals surface area contributed by atoms with Gasteiger partial charge in [0.2, 0.25) is 0 Å². The normalized spacial score (nSPS) is 24.0. The molecule has 1 amide bonds. The third kappa shape index (κ3) is 4.82. The Morgan fingerprint density at radius 1 is 0.889 bits per heavy atom. The van der Waals surface area contributed by atoms with Crippen molar-refractivity contribution < 1.29 is 9.53 Å². The van der Waals surface area contributed by atoms with Crippen molar-refractivity contribution in [3.8, 4) is 5.75 Å². The van der Waals surface area contributed by atoms with Crippen molar-refractivity contribution in [3.63, 3.8) is 0 Å². The largest absolute Gasteiger partial charge is 0.492 e. The lowest BCUT2D eigenvalue weighted by Crippen LogP contribution is -2.42. The van der Waals surface area contributed by atoms with Gasteiger partial charge in [0.1, 0.15) is 12.4 Å². The van der Waals surface area contributed by atoms with E-state index in [1.807, 2.05) is 24.3 Å². The topological polar surface area (TPSA) is 36.0 Å². The molecule has 0 saturated carbocycles. The molecule has 0 aliphatic carbocycles. The van der Waals surface area contributed by atoms with Crippen LogP contribution in [0.4, 0.5) is 0 Å². The van der Waals surface area contributed by atoms with Gasteiger partial charge in [0.05, 0.1) is 0 Å². The minimum absolute atomic E-state index is 0.181. The first-order valence-electron chi connectivity index (χ1n) is 10.8. The van der Waals surface area contributed by atoms with E-state index in [1.54, 1.807) is 0 Å². The molecule has 1 aromatic carbocycles. The molecule has 3 aliphatic heterocycles. The number of carbonyl (C=O) groups excluding carboxylic acids is 1. The zero-order valence-corrected chi connectivity index (χ0v) is 16.4. The highest BCUT2D eigenvalue weighted by Gasteiger charge is 2.31. The maximum atomic E-state index is 13.0. The maximum Gasteiger partial charge on any atom is 0.254 e. The number of ether oxygens (including phenoxy) is 1. The highest BCUT2D eigenvalue weighted by atomic mass is 16.5. The van der Waals surface area contributed by atoms with Gasteiger partial charge >= 0.3 is 0 Å². The Morgan fingerprint density at radius 3 is 2.26 bits per heavy atom. The molecule has 1 aromatic rings. The van der Waals surface area contributed by atoms with Crippen LogP contribution >= 0.6 is 0 Å². The van der Waals surface area contributed by atoms with E-state index >= 15 is 0 Å². The number of amides is 1. The van der Waals surface area contributed by atoms with Crippen molar-refractivity contribution in [2.45, 2.75) is 44.6 Å². The molecule has 0 bridgehead atoms. The van der Waals surface area contributed by atoms with Crippen molar-refractivity contribution >= 4 is 5.91 Å². The molecule has 3 aliphatic rings. The van der Waals surface area contributed by atoms with E-state index in [0.29, 0.717) is 6.04 Å². The molecule has 3 heterocycles. The van der Waals surface area contributed by atoms with E-state index in [0.717, 1.165) is 50.4 Å². The minimum atomic E-state index is 0.181. The molecule has 0 N–H and O–H groups in total. The third-order valence-corrected chi connectivity index (χ3v) is 6.28. The monoisotopic (exact) mass is 371 g/mol. The van der Waals surface area contributed by atoms with Gasteiger partial charge in [-0.1, -0.05) is 0 Å². The summed E-state index contributed by atoms with van der Waals surface area (Å²) in [6.45, 7) is 8.44. The van der Waals surface area contributed by atoms with E-state index in [2.05, 4.69) is 14.7 Å². The predicted octanol–water partition coefficient (Wildman–Crippen LogP) is 2.86. The Morgan fingerprint density at radius 2 is 1.56 bits per heavy atom. The van der Waals surface area contributed by atoms with Gasteiger partial charge in [-0.25, -0.2) is 0 Å². The number of nitrogens with zero attached hydrogens (tertiary/aromatic N) is 3. The van der Waals surface area contributed by atoms with Crippen molar-refractivity contribution in [2.75, 3.05) is 52.4 Å². The van der Waals surface area contributed by atoms with Gasteiger partial charge in [0.15, 0.2) is 0 Å². The first-order valence-corrected chi connectivity index (χ1v) is 10.8. The summed E-state index contributed by atoms with van der Waals surface area (Å²) in [5, 5.41) is 0. The number of hydrogen-bond acceptors (Lipinski definition) is 4. The van der Waals surface area contributed by atoms with Crippen LogP contribution in [0.2, 0.25) is 0 Å². The molecule has 4 rings (SSSR count). The first kappa shape index (κ1) is 18.8. The van der Waals surface area contributed by atoms with E-state index in [9.17, 15) is 4.79 Å². The van der Waals surface area contributed by atoms with E-state index in [1.165, 1.54) is 51.9 Å². The summed E-state index contributed by atoms with van der Waals surface area (Å²) in [5.41, 5.74) is 0.787. The van der Waals surface area contributed by atoms with Crippen LogP contribution in [0.1, 0.15) is 48.9 Å². The number of benzene rings is 1. The standard InChI is InChI=1S/C22H33N3O2/c26-22(25-15-5-6-20(25)18-24-13-3-4-14-24)19-7-9-21(10-8-19)27-17-16-23-11-1-2-12-23/h7-10,20H,1-6,11-18H2/t20-/m0/s1. The predicted molar refractivity (Wildman–Crippen MR) is 107 cm³/mol. The van der Waals surface area contributed by atoms with E-state index < -0.39 is 0 Å². The Bertz CT molecular complexity index is 606. The lowest BCUT2D eigenvalue weighted by molar-refractivity contribution is 0.0708. The molecule has 0 unspecified atom stereocenters. The van der Waals surface area contributed by atoms with Crippen LogP contribution < -0.4 is 4.74 Å². The molecular formula is C22H33N3O2. The minimum Gasteiger partial charge on any atom is -0.492 e. The van der Waals surface area contributed by atoms with Gasteiger partial charge < -0.3 is 14.5 Å². The van der Waals surface area contributed by atoms with Crippen molar-refractivity contribution in [3.05, 3.63) is 29.8 Å². The second-order valence-corrected chi connectivity index (χ2v) is 8.22. The Balaban J connectivity index is 1.28. The van der Waals surface area contributed by atoms with Gasteiger partial charge in [-0.05, 0) is 89.0 Å². The van der Waals surface area contributed by atoms with E-state index in [4.69, 9.17) is 4.74 Å². The average molecular weight is 372 g/mol. The molecule has 27 heavy (non-hydrogen) atoms. The summed E-state index contributed by atoms with van der Waals surface area (Å²) in [5.74, 6) is 1.04. The third-order valence-electron chi connectivity index (χ3n) is 6.28. The molecule has 148 valence electrons. The zero-order valence-electron chi connectivity index (χ0n) is 16.4. The summed E-state index contributed by atoms with van der Waals surface area (Å²) >= 11 is 0. The average Bonchev–Trinajstić information content (AvgIpc) is 3.45. The van der Waals surface area contributed by atoms with Crippen LogP contribution in [0.15, 0.2) is 24.3 Å². The van der Waals surface area contributed by atoms with Gasteiger partial charge in [0, 0.05) is 31.2 Å². The summed E-state index contributed by atoms with van der Waals surface area (Å²) in [6, 6.07) is 8.13. The molecule has 1 atom stereocenters. The molecule has 5 nitrogen and oxygen atoms in total. The van der Waals surface area contributed by atoms with Gasteiger partial charge in [-0.15, -0.1) is 0 Å². The Hall–Kier alpha value is -1.59. The van der Waals surface area contributed by atoms with Crippen molar-refractivity contribution in [1.82, 2.24) is 14.7 Å². The van der Waals surface area contributed by atoms with Crippen molar-refractivity contribution in [1.29, 1.82) is 0 Å². The molecular weight excluding hydrogens is 338 g/mol. The van der Waals surface area contributed by atoms with Gasteiger partial charge in [-0.2, -0.15) is 0 Å². The van der Waals surface area contributed by atoms with Crippen molar-refractivity contribution in [2.24, 2.45) is 0 Å². The van der Waals surface area contributed by atoms with Crippen LogP contribution in [0.5, 0.6) is 5.75 Å². The highest BCUT2D eigenvalue weighted by Crippen LogP contribution is 2.23. The second kappa shape index (κ2) is 9.07. The molecule has 0 aromatic heterocycles. The number of likely N-dealkylation sites (tertiary alicyclic amines) is 3. The molecule has 3 saturated heterocycles. The van der Waals surface area contributed by atoms with Crippen LogP contribution in [0.25, 0.3) is 0 Å². The Kier molecular flexibility index (Phi) is 6.30. The number of hydrogen-bond donors (Lipinski definition) is 0. The molecule has 3 fully saturated rings. The summed E-state index contributed by atoms with van der Waals surface area (Å²) in [6.07, 6.45) is 7.50. The van der Waals surface area contributed by atoms with E-state index in [-0.39, 0.29) is 5.91 Å². The van der Waals surface area contributed by atoms with Crippen LogP contribution in [-0.4, -0.2) is 79.1 Å². The highest BCUT2D eigenvalue weighted by molar-refractivity contribution is 5.94. The maximum absolute atomic E-state index is 13.0. The number of carbonyl (C=O) groups is 1. The summed E-state index contributed by atoms with van der Waals surface area (Å²) in [7, 11) is 0. The fraction of sp³-hybridized carbons (Fsp3) is 0.682. The first-order chi connectivity index (χ1) is 13.3. The lowest BCUT2D eigenvalue weighted by Gasteiger charge is -2.28. The summed E-state index contributed by atoms with van der Waals surface area (Å²) < 4.78 is 5.86. The fourth-order valence-electron chi connectivity index (χ4n) is 4.71. The van der Waals surface area contributed by atoms with Gasteiger partial charge in [0.25, 0.3) is 5.91 Å². The second-order valence-electron chi connectivity index (χ2n) is 8.22. The van der Waals surface area contributed by atoms with Crippen LogP contribution in [-0.2, 0) is 0 Å². The number of rotatable bonds is 7.